The van der Waals surface area contributed by atoms with Crippen LogP contribution in [0.25, 0.3) is 0 Å². The highest BCUT2D eigenvalue weighted by molar-refractivity contribution is 5.85. The van der Waals surface area contributed by atoms with Crippen LogP contribution in [0.15, 0.2) is 42.5 Å². The fourth-order valence-electron chi connectivity index (χ4n) is 4.40. The zero-order valence-corrected chi connectivity index (χ0v) is 16.0. The highest BCUT2D eigenvalue weighted by Crippen LogP contribution is 2.38. The molecule has 0 amide bonds. The lowest BCUT2D eigenvalue weighted by Crippen LogP contribution is -2.47. The first-order valence-corrected chi connectivity index (χ1v) is 9.68. The number of hydrogen-bond acceptors (Lipinski definition) is 2. The van der Waals surface area contributed by atoms with E-state index in [-0.39, 0.29) is 0 Å². The predicted molar refractivity (Wildman–Crippen MR) is 107 cm³/mol. The van der Waals surface area contributed by atoms with Gasteiger partial charge >= 0.3 is 5.97 Å². The smallest absolute Gasteiger partial charge is 0.330 e. The molecule has 0 fully saturated rings. The standard InChI is InChI=1S/C23H29NO2/c1-4-9-17(5-2)21-16(3)10-8-13-20(21)24-23(22(25)26)14-18-11-6-7-12-19(18)15-23/h6-8,10-13,17,24H,4-5,9,14-15H2,1-3H3,(H,25,26). The molecule has 2 N–H and O–H groups in total. The molecule has 3 nitrogen and oxygen atoms in total. The first kappa shape index (κ1) is 18.5. The van der Waals surface area contributed by atoms with Crippen LogP contribution in [0.2, 0.25) is 0 Å². The van der Waals surface area contributed by atoms with Gasteiger partial charge in [-0.2, -0.15) is 0 Å². The van der Waals surface area contributed by atoms with E-state index >= 15 is 0 Å². The molecule has 0 saturated heterocycles. The summed E-state index contributed by atoms with van der Waals surface area (Å²) in [6.07, 6.45) is 4.36. The minimum atomic E-state index is -0.962. The number of carboxylic acids is 1. The lowest BCUT2D eigenvalue weighted by atomic mass is 9.86. The van der Waals surface area contributed by atoms with Crippen molar-refractivity contribution < 1.29 is 9.90 Å². The lowest BCUT2D eigenvalue weighted by molar-refractivity contribution is -0.142. The number of anilines is 1. The molecule has 2 aromatic carbocycles. The molecule has 0 bridgehead atoms. The van der Waals surface area contributed by atoms with Crippen LogP contribution in [0, 0.1) is 6.92 Å². The zero-order chi connectivity index (χ0) is 18.7. The third-order valence-electron chi connectivity index (χ3n) is 5.75. The van der Waals surface area contributed by atoms with Crippen molar-refractivity contribution in [1.29, 1.82) is 0 Å². The quantitative estimate of drug-likeness (QED) is 0.709. The number of rotatable bonds is 7. The highest BCUT2D eigenvalue weighted by Gasteiger charge is 2.44. The highest BCUT2D eigenvalue weighted by atomic mass is 16.4. The van der Waals surface area contributed by atoms with Gasteiger partial charge in [-0.15, -0.1) is 0 Å². The van der Waals surface area contributed by atoms with Gasteiger partial charge < -0.3 is 10.4 Å². The summed E-state index contributed by atoms with van der Waals surface area (Å²) in [6, 6.07) is 14.3. The van der Waals surface area contributed by atoms with Gasteiger partial charge in [0, 0.05) is 18.5 Å². The summed E-state index contributed by atoms with van der Waals surface area (Å²) in [5.41, 5.74) is 4.83. The normalized spacial score (nSPS) is 16.1. The van der Waals surface area contributed by atoms with Gasteiger partial charge in [-0.25, -0.2) is 4.79 Å². The molecule has 0 saturated carbocycles. The summed E-state index contributed by atoms with van der Waals surface area (Å²) >= 11 is 0. The van der Waals surface area contributed by atoms with Crippen LogP contribution >= 0.6 is 0 Å². The van der Waals surface area contributed by atoms with Gasteiger partial charge in [0.15, 0.2) is 0 Å². The minimum Gasteiger partial charge on any atom is -0.479 e. The Morgan fingerprint density at radius 3 is 2.31 bits per heavy atom. The maximum absolute atomic E-state index is 12.3. The molecule has 3 heteroatoms. The van der Waals surface area contributed by atoms with Gasteiger partial charge in [-0.1, -0.05) is 56.7 Å². The Bertz CT molecular complexity index is 772. The Morgan fingerprint density at radius 1 is 1.12 bits per heavy atom. The molecular formula is C23H29NO2. The van der Waals surface area contributed by atoms with Crippen molar-refractivity contribution in [1.82, 2.24) is 0 Å². The van der Waals surface area contributed by atoms with E-state index in [9.17, 15) is 9.90 Å². The fourth-order valence-corrected chi connectivity index (χ4v) is 4.40. The lowest BCUT2D eigenvalue weighted by Gasteiger charge is -2.30. The number of benzene rings is 2. The van der Waals surface area contributed by atoms with Gasteiger partial charge in [-0.05, 0) is 54.0 Å². The van der Waals surface area contributed by atoms with Crippen LogP contribution in [0.1, 0.15) is 61.3 Å². The molecule has 3 rings (SSSR count). The Hall–Kier alpha value is -2.29. The van der Waals surface area contributed by atoms with Gasteiger partial charge in [0.25, 0.3) is 0 Å². The van der Waals surface area contributed by atoms with E-state index in [1.54, 1.807) is 0 Å². The number of aryl methyl sites for hydroxylation is 1. The molecule has 0 radical (unpaired) electrons. The monoisotopic (exact) mass is 351 g/mol. The molecule has 0 spiro atoms. The van der Waals surface area contributed by atoms with Crippen molar-refractivity contribution in [3.05, 3.63) is 64.7 Å². The summed E-state index contributed by atoms with van der Waals surface area (Å²) in [7, 11) is 0. The van der Waals surface area contributed by atoms with E-state index in [0.717, 1.165) is 36.1 Å². The maximum atomic E-state index is 12.3. The zero-order valence-electron chi connectivity index (χ0n) is 16.0. The van der Waals surface area contributed by atoms with Crippen LogP contribution in [0.4, 0.5) is 5.69 Å². The number of carbonyl (C=O) groups is 1. The fraction of sp³-hybridized carbons (Fsp3) is 0.435. The molecule has 1 unspecified atom stereocenters. The second-order valence-corrected chi connectivity index (χ2v) is 7.56. The van der Waals surface area contributed by atoms with Gasteiger partial charge in [0.05, 0.1) is 0 Å². The van der Waals surface area contributed by atoms with Crippen LogP contribution in [0.3, 0.4) is 0 Å². The van der Waals surface area contributed by atoms with Crippen molar-refractivity contribution in [2.45, 2.75) is 64.3 Å². The number of carboxylic acid groups (broad SMARTS) is 1. The van der Waals surface area contributed by atoms with E-state index < -0.39 is 11.5 Å². The van der Waals surface area contributed by atoms with Crippen molar-refractivity contribution >= 4 is 11.7 Å². The molecular weight excluding hydrogens is 322 g/mol. The molecule has 2 aromatic rings. The number of aliphatic carboxylic acids is 1. The first-order valence-electron chi connectivity index (χ1n) is 9.68. The van der Waals surface area contributed by atoms with Crippen molar-refractivity contribution in [3.8, 4) is 0 Å². The second kappa shape index (κ2) is 7.53. The molecule has 138 valence electrons. The molecule has 1 atom stereocenters. The summed E-state index contributed by atoms with van der Waals surface area (Å²) < 4.78 is 0. The summed E-state index contributed by atoms with van der Waals surface area (Å²) in [4.78, 5) is 12.3. The second-order valence-electron chi connectivity index (χ2n) is 7.56. The van der Waals surface area contributed by atoms with Crippen molar-refractivity contribution in [3.63, 3.8) is 0 Å². The third-order valence-corrected chi connectivity index (χ3v) is 5.75. The average Bonchev–Trinajstić information content (AvgIpc) is 3.00. The van der Waals surface area contributed by atoms with E-state index in [2.05, 4.69) is 32.2 Å². The summed E-state index contributed by atoms with van der Waals surface area (Å²) in [5.74, 6) is -0.317. The van der Waals surface area contributed by atoms with Crippen LogP contribution in [-0.2, 0) is 17.6 Å². The molecule has 0 aromatic heterocycles. The topological polar surface area (TPSA) is 49.3 Å². The Kier molecular flexibility index (Phi) is 5.36. The van der Waals surface area contributed by atoms with Gasteiger partial charge in [0.1, 0.15) is 5.54 Å². The van der Waals surface area contributed by atoms with Crippen LogP contribution in [0.5, 0.6) is 0 Å². The minimum absolute atomic E-state index is 0.457. The average molecular weight is 351 g/mol. The van der Waals surface area contributed by atoms with E-state index in [0.29, 0.717) is 18.8 Å². The molecule has 0 heterocycles. The number of hydrogen-bond donors (Lipinski definition) is 2. The molecule has 1 aliphatic rings. The van der Waals surface area contributed by atoms with Gasteiger partial charge in [0.2, 0.25) is 0 Å². The van der Waals surface area contributed by atoms with Crippen LogP contribution < -0.4 is 5.32 Å². The first-order chi connectivity index (χ1) is 12.5. The molecule has 0 aliphatic heterocycles. The SMILES string of the molecule is CCCC(CC)c1c(C)cccc1NC1(C(=O)O)Cc2ccccc2C1. The Labute approximate surface area is 156 Å². The van der Waals surface area contributed by atoms with E-state index in [1.807, 2.05) is 36.4 Å². The molecule has 1 aliphatic carbocycles. The summed E-state index contributed by atoms with van der Waals surface area (Å²) in [6.45, 7) is 6.56. The maximum Gasteiger partial charge on any atom is 0.330 e. The van der Waals surface area contributed by atoms with E-state index in [1.165, 1.54) is 11.1 Å². The Balaban J connectivity index is 2.00. The van der Waals surface area contributed by atoms with E-state index in [4.69, 9.17) is 0 Å². The van der Waals surface area contributed by atoms with Crippen molar-refractivity contribution in [2.75, 3.05) is 5.32 Å². The number of nitrogens with one attached hydrogen (secondary N) is 1. The van der Waals surface area contributed by atoms with Crippen LogP contribution in [-0.4, -0.2) is 16.6 Å². The van der Waals surface area contributed by atoms with Gasteiger partial charge in [-0.3, -0.25) is 0 Å². The largest absolute Gasteiger partial charge is 0.479 e. The molecule has 26 heavy (non-hydrogen) atoms. The third kappa shape index (κ3) is 3.35. The summed E-state index contributed by atoms with van der Waals surface area (Å²) in [5, 5.41) is 13.6. The van der Waals surface area contributed by atoms with Crippen molar-refractivity contribution in [2.24, 2.45) is 0 Å². The Morgan fingerprint density at radius 2 is 1.77 bits per heavy atom. The number of fused-ring (bicyclic) bond motifs is 1. The predicted octanol–water partition coefficient (Wildman–Crippen LogP) is 5.32.